The lowest BCUT2D eigenvalue weighted by Crippen LogP contribution is -1.96. The van der Waals surface area contributed by atoms with Crippen LogP contribution in [-0.4, -0.2) is 28.2 Å². The largest absolute Gasteiger partial charge is 0.309 e. The quantitative estimate of drug-likeness (QED) is 0.145. The Labute approximate surface area is 688 Å². The first-order chi connectivity index (χ1) is 59.5. The minimum atomic E-state index is 0.946. The second-order valence-electron chi connectivity index (χ2n) is 32.6. The summed E-state index contributed by atoms with van der Waals surface area (Å²) in [6.45, 7) is 0. The highest BCUT2D eigenvalue weighted by Gasteiger charge is 2.31. The van der Waals surface area contributed by atoms with Gasteiger partial charge in [0.25, 0.3) is 0 Å². The molecule has 0 radical (unpaired) electrons. The number of nitrogens with zero attached hydrogens (tertiary/aromatic N) is 6. The van der Waals surface area contributed by atoms with Crippen molar-refractivity contribution in [3.05, 3.63) is 401 Å². The molecule has 0 bridgehead atoms. The molecule has 6 nitrogen and oxygen atoms in total. The monoisotopic (exact) mass is 1520 g/mol. The van der Waals surface area contributed by atoms with Gasteiger partial charge in [0.05, 0.1) is 61.0 Å². The van der Waals surface area contributed by atoms with Gasteiger partial charge in [-0.3, -0.25) is 4.98 Å². The topological polar surface area (TPSA) is 45.5 Å². The Hall–Kier alpha value is -16.0. The maximum Gasteiger partial charge on any atom is 0.0787 e. The molecule has 25 aromatic rings. The van der Waals surface area contributed by atoms with Gasteiger partial charge in [0.2, 0.25) is 0 Å². The molecule has 0 aliphatic heterocycles. The second kappa shape index (κ2) is 24.8. The average molecular weight is 1520 g/mol. The van der Waals surface area contributed by atoms with Crippen LogP contribution >= 0.6 is 0 Å². The van der Waals surface area contributed by atoms with Crippen LogP contribution in [0, 0.1) is 0 Å². The SMILES string of the molecule is c1ccc(-n2c3ccccc3c3cc(-c4ccc5c(ccc6c7ccccc7n(-c7ccc8cc(-c9cc%10c%11c(cccc%11n9)-c9c-%10cccc9-c9cccc%10c9c9ccc%11cc(-c%12ccc%13c(c%12)c%12ccccc%12n%13-c%12ccccc%12)ccc%11c9n%10-c9cccc(-c%10ncc%11cccc%12c%11c%10-c%10ccccc%10-%12)c9)ccc8c7)c56)c4)ccc32)cc1. The molecule has 0 N–H and O–H groups in total. The molecule has 0 saturated heterocycles. The fraction of sp³-hybridized carbons (Fsp3) is 0. The molecule has 120 heavy (non-hydrogen) atoms. The van der Waals surface area contributed by atoms with Crippen molar-refractivity contribution in [2.45, 2.75) is 0 Å². The first kappa shape index (κ1) is 65.3. The highest BCUT2D eigenvalue weighted by atomic mass is 15.0. The van der Waals surface area contributed by atoms with E-state index in [1.54, 1.807) is 0 Å². The predicted molar refractivity (Wildman–Crippen MR) is 503 cm³/mol. The molecule has 0 amide bonds. The Morgan fingerprint density at radius 2 is 0.650 bits per heavy atom. The number of fused-ring (bicyclic) bond motifs is 23. The first-order valence-corrected chi connectivity index (χ1v) is 41.4. The van der Waals surface area contributed by atoms with Crippen LogP contribution in [0.4, 0.5) is 0 Å². The summed E-state index contributed by atoms with van der Waals surface area (Å²) in [4.78, 5) is 11.0. The van der Waals surface area contributed by atoms with Gasteiger partial charge in [-0.25, -0.2) is 4.98 Å². The van der Waals surface area contributed by atoms with Gasteiger partial charge in [-0.05, 0) is 221 Å². The zero-order valence-electron chi connectivity index (χ0n) is 64.8. The van der Waals surface area contributed by atoms with Gasteiger partial charge >= 0.3 is 0 Å². The maximum atomic E-state index is 5.59. The molecule has 552 valence electrons. The fourth-order valence-electron chi connectivity index (χ4n) is 21.2. The molecule has 0 saturated carbocycles. The minimum Gasteiger partial charge on any atom is -0.309 e. The molecule has 2 aliphatic rings. The Bertz CT molecular complexity index is 8850. The van der Waals surface area contributed by atoms with Crippen molar-refractivity contribution in [1.82, 2.24) is 28.2 Å². The molecule has 0 spiro atoms. The highest BCUT2D eigenvalue weighted by Crippen LogP contribution is 2.56. The van der Waals surface area contributed by atoms with Crippen LogP contribution in [0.5, 0.6) is 0 Å². The highest BCUT2D eigenvalue weighted by molar-refractivity contribution is 6.27. The summed E-state index contributed by atoms with van der Waals surface area (Å²) >= 11 is 0. The Balaban J connectivity index is 0.576. The van der Waals surface area contributed by atoms with Crippen molar-refractivity contribution < 1.29 is 0 Å². The lowest BCUT2D eigenvalue weighted by molar-refractivity contribution is 1.18. The predicted octanol–water partition coefficient (Wildman–Crippen LogP) is 30.3. The Morgan fingerprint density at radius 1 is 0.192 bits per heavy atom. The molecule has 6 aromatic heterocycles. The Morgan fingerprint density at radius 3 is 1.36 bits per heavy atom. The zero-order chi connectivity index (χ0) is 78.1. The summed E-state index contributed by atoms with van der Waals surface area (Å²) in [5, 5.41) is 20.5. The minimum absolute atomic E-state index is 0.946. The van der Waals surface area contributed by atoms with Gasteiger partial charge in [-0.2, -0.15) is 0 Å². The van der Waals surface area contributed by atoms with Gasteiger partial charge in [0.1, 0.15) is 0 Å². The van der Waals surface area contributed by atoms with Gasteiger partial charge < -0.3 is 18.3 Å². The third-order valence-corrected chi connectivity index (χ3v) is 26.4. The van der Waals surface area contributed by atoms with E-state index in [1.807, 2.05) is 0 Å². The number of hydrogen-bond donors (Lipinski definition) is 0. The summed E-state index contributed by atoms with van der Waals surface area (Å²) in [7, 11) is 0. The second-order valence-corrected chi connectivity index (χ2v) is 32.6. The molecular formula is C114H66N6. The zero-order valence-corrected chi connectivity index (χ0v) is 64.8. The van der Waals surface area contributed by atoms with Gasteiger partial charge in [-0.1, -0.05) is 267 Å². The number of pyridine rings is 2. The van der Waals surface area contributed by atoms with E-state index in [0.29, 0.717) is 0 Å². The molecular weight excluding hydrogens is 1450 g/mol. The van der Waals surface area contributed by atoms with Crippen molar-refractivity contribution in [3.63, 3.8) is 0 Å². The van der Waals surface area contributed by atoms with E-state index >= 15 is 0 Å². The summed E-state index contributed by atoms with van der Waals surface area (Å²) < 4.78 is 9.80. The van der Waals surface area contributed by atoms with E-state index in [2.05, 4.69) is 419 Å². The summed E-state index contributed by atoms with van der Waals surface area (Å²) in [5.74, 6) is 0. The molecule has 0 fully saturated rings. The lowest BCUT2D eigenvalue weighted by atomic mass is 9.90. The molecule has 2 aliphatic carbocycles. The number of benzene rings is 19. The van der Waals surface area contributed by atoms with Crippen LogP contribution in [0.1, 0.15) is 0 Å². The standard InChI is InChI=1S/C114H66N6/c1-3-22-78(23-4-1)117-101-38-12-10-29-86(101)96-63-71(49-56-104(96)117)68-45-52-82-73(58-68)47-54-93-85-28-9-14-40-103(85)119(113(82)93)81-51-44-67-60-75(43-42-70(67)61-81)100-65-98-92-34-17-33-90(108(92)94-36-18-37-99(116-100)109(94)98)91-35-19-41-106-110(91)95-55-48-74-59-69(72-50-57-105-97(64-72)87-30-11-13-39-102(87)118(105)79-24-5-2-6-25-79)46-53-83(74)114(95)120(106)80-26-15-20-76(62-80)112-111-89-31-8-7-27-84(89)88-32-16-21-77(66-115-112)107(88)111/h1-66H. The molecule has 6 heteroatoms. The summed E-state index contributed by atoms with van der Waals surface area (Å²) in [6, 6.07) is 147. The van der Waals surface area contributed by atoms with E-state index < -0.39 is 0 Å². The molecule has 27 rings (SSSR count). The van der Waals surface area contributed by atoms with Crippen molar-refractivity contribution >= 4 is 141 Å². The molecule has 0 unspecified atom stereocenters. The number of hydrogen-bond acceptors (Lipinski definition) is 2. The number of aromatic nitrogens is 6. The van der Waals surface area contributed by atoms with Crippen LogP contribution in [-0.2, 0) is 0 Å². The average Bonchev–Trinajstić information content (AvgIpc) is 1.55. The van der Waals surface area contributed by atoms with Crippen LogP contribution in [0.3, 0.4) is 0 Å². The van der Waals surface area contributed by atoms with Crippen molar-refractivity contribution in [2.75, 3.05) is 0 Å². The van der Waals surface area contributed by atoms with Crippen LogP contribution in [0.25, 0.3) is 264 Å². The third kappa shape index (κ3) is 9.27. The summed E-state index contributed by atoms with van der Waals surface area (Å²) in [6.07, 6.45) is 2.07. The number of para-hydroxylation sites is 5. The van der Waals surface area contributed by atoms with E-state index in [1.165, 1.54) is 186 Å². The number of rotatable bonds is 9. The fourth-order valence-corrected chi connectivity index (χ4v) is 21.2. The first-order valence-electron chi connectivity index (χ1n) is 41.4. The van der Waals surface area contributed by atoms with E-state index in [4.69, 9.17) is 9.97 Å². The van der Waals surface area contributed by atoms with Gasteiger partial charge in [0, 0.05) is 116 Å². The van der Waals surface area contributed by atoms with Crippen molar-refractivity contribution in [2.24, 2.45) is 0 Å². The van der Waals surface area contributed by atoms with Crippen molar-refractivity contribution in [3.8, 4) is 123 Å². The molecule has 0 atom stereocenters. The van der Waals surface area contributed by atoms with Crippen LogP contribution in [0.15, 0.2) is 401 Å². The van der Waals surface area contributed by atoms with Crippen LogP contribution in [0.2, 0.25) is 0 Å². The van der Waals surface area contributed by atoms with E-state index in [0.717, 1.165) is 78.0 Å². The normalized spacial score (nSPS) is 12.3. The van der Waals surface area contributed by atoms with Crippen LogP contribution < -0.4 is 0 Å². The van der Waals surface area contributed by atoms with E-state index in [-0.39, 0.29) is 0 Å². The van der Waals surface area contributed by atoms with Gasteiger partial charge in [0.15, 0.2) is 0 Å². The maximum absolute atomic E-state index is 5.59. The van der Waals surface area contributed by atoms with E-state index in [9.17, 15) is 0 Å². The molecule has 19 aromatic carbocycles. The lowest BCUT2D eigenvalue weighted by Gasteiger charge is -2.14. The van der Waals surface area contributed by atoms with Crippen molar-refractivity contribution in [1.29, 1.82) is 0 Å². The Kier molecular flexibility index (Phi) is 13.5. The summed E-state index contributed by atoms with van der Waals surface area (Å²) in [5.41, 5.74) is 35.9. The third-order valence-electron chi connectivity index (χ3n) is 26.4. The smallest absolute Gasteiger partial charge is 0.0787 e. The van der Waals surface area contributed by atoms with Gasteiger partial charge in [-0.15, -0.1) is 0 Å². The molecule has 6 heterocycles.